The first-order valence-electron chi connectivity index (χ1n) is 8.08. The minimum atomic E-state index is -0.705. The van der Waals surface area contributed by atoms with Crippen LogP contribution in [0, 0.1) is 11.8 Å². The van der Waals surface area contributed by atoms with Gasteiger partial charge in [-0.1, -0.05) is 44.2 Å². The van der Waals surface area contributed by atoms with E-state index in [1.165, 1.54) is 18.4 Å². The number of carboxylic acids is 1. The van der Waals surface area contributed by atoms with E-state index in [-0.39, 0.29) is 12.5 Å². The number of carboxylic acid groups (broad SMARTS) is 1. The van der Waals surface area contributed by atoms with Gasteiger partial charge < -0.3 is 10.4 Å². The van der Waals surface area contributed by atoms with Crippen LogP contribution >= 0.6 is 0 Å². The first-order valence-corrected chi connectivity index (χ1v) is 8.08. The zero-order valence-corrected chi connectivity index (χ0v) is 13.1. The molecule has 1 aliphatic carbocycles. The Hall–Kier alpha value is -1.35. The summed E-state index contributed by atoms with van der Waals surface area (Å²) in [5.41, 5.74) is 1.28. The molecule has 1 aromatic rings. The molecule has 3 heteroatoms. The van der Waals surface area contributed by atoms with Crippen molar-refractivity contribution in [3.8, 4) is 0 Å². The molecule has 1 saturated carbocycles. The van der Waals surface area contributed by atoms with Gasteiger partial charge in [-0.25, -0.2) is 0 Å². The van der Waals surface area contributed by atoms with Gasteiger partial charge in [0, 0.05) is 18.5 Å². The quantitative estimate of drug-likeness (QED) is 0.770. The molecule has 0 saturated heterocycles. The topological polar surface area (TPSA) is 49.3 Å². The summed E-state index contributed by atoms with van der Waals surface area (Å²) in [4.78, 5) is 10.9. The van der Waals surface area contributed by atoms with Crippen LogP contribution in [0.3, 0.4) is 0 Å². The normalized spacial score (nSPS) is 22.8. The second kappa shape index (κ2) is 7.60. The summed E-state index contributed by atoms with van der Waals surface area (Å²) in [6.07, 6.45) is 4.37. The summed E-state index contributed by atoms with van der Waals surface area (Å²) < 4.78 is 0. The van der Waals surface area contributed by atoms with Gasteiger partial charge in [-0.3, -0.25) is 4.79 Å². The first-order chi connectivity index (χ1) is 10.1. The SMILES string of the molecule is CC(C)C1CCC1NC(CCC(=O)O)Cc1ccccc1. The molecule has 1 aliphatic rings. The fraction of sp³-hybridized carbons (Fsp3) is 0.611. The fourth-order valence-electron chi connectivity index (χ4n) is 3.27. The molecule has 0 aromatic heterocycles. The number of hydrogen-bond acceptors (Lipinski definition) is 2. The van der Waals surface area contributed by atoms with Crippen LogP contribution in [0.2, 0.25) is 0 Å². The van der Waals surface area contributed by atoms with E-state index in [1.54, 1.807) is 0 Å². The molecule has 0 aliphatic heterocycles. The van der Waals surface area contributed by atoms with Crippen molar-refractivity contribution in [3.63, 3.8) is 0 Å². The van der Waals surface area contributed by atoms with Gasteiger partial charge in [0.2, 0.25) is 0 Å². The van der Waals surface area contributed by atoms with Crippen molar-refractivity contribution in [2.24, 2.45) is 11.8 Å². The van der Waals surface area contributed by atoms with E-state index in [0.717, 1.165) is 12.3 Å². The molecule has 2 N–H and O–H groups in total. The molecule has 116 valence electrons. The van der Waals surface area contributed by atoms with Crippen LogP contribution in [-0.2, 0) is 11.2 Å². The largest absolute Gasteiger partial charge is 0.481 e. The van der Waals surface area contributed by atoms with E-state index < -0.39 is 5.97 Å². The Morgan fingerprint density at radius 1 is 1.29 bits per heavy atom. The Morgan fingerprint density at radius 2 is 2.00 bits per heavy atom. The molecule has 21 heavy (non-hydrogen) atoms. The standard InChI is InChI=1S/C18H27NO2/c1-13(2)16-9-10-17(16)19-15(8-11-18(20)21)12-14-6-4-3-5-7-14/h3-7,13,15-17,19H,8-12H2,1-2H3,(H,20,21). The maximum atomic E-state index is 10.9. The average Bonchev–Trinajstić information content (AvgIpc) is 2.40. The lowest BCUT2D eigenvalue weighted by molar-refractivity contribution is -0.137. The molecule has 0 spiro atoms. The second-order valence-electron chi connectivity index (χ2n) is 6.58. The highest BCUT2D eigenvalue weighted by Gasteiger charge is 2.34. The van der Waals surface area contributed by atoms with Crippen LogP contribution in [0.25, 0.3) is 0 Å². The average molecular weight is 289 g/mol. The third kappa shape index (κ3) is 4.85. The van der Waals surface area contributed by atoms with E-state index in [0.29, 0.717) is 18.4 Å². The van der Waals surface area contributed by atoms with Crippen LogP contribution in [0.4, 0.5) is 0 Å². The lowest BCUT2D eigenvalue weighted by Crippen LogP contribution is -2.51. The minimum absolute atomic E-state index is 0.240. The van der Waals surface area contributed by atoms with Crippen molar-refractivity contribution >= 4 is 5.97 Å². The van der Waals surface area contributed by atoms with Gasteiger partial charge >= 0.3 is 5.97 Å². The molecule has 0 radical (unpaired) electrons. The molecule has 2 rings (SSSR count). The molecular weight excluding hydrogens is 262 g/mol. The maximum Gasteiger partial charge on any atom is 0.303 e. The Bertz CT molecular complexity index is 444. The number of carbonyl (C=O) groups is 1. The number of aliphatic carboxylic acids is 1. The molecule has 1 fully saturated rings. The summed E-state index contributed by atoms with van der Waals surface area (Å²) in [7, 11) is 0. The highest BCUT2D eigenvalue weighted by atomic mass is 16.4. The van der Waals surface area contributed by atoms with Gasteiger partial charge in [0.25, 0.3) is 0 Å². The number of rotatable bonds is 8. The predicted octanol–water partition coefficient (Wildman–Crippen LogP) is 3.49. The zero-order chi connectivity index (χ0) is 15.2. The molecule has 0 amide bonds. The highest BCUT2D eigenvalue weighted by molar-refractivity contribution is 5.66. The maximum absolute atomic E-state index is 10.9. The van der Waals surface area contributed by atoms with E-state index in [1.807, 2.05) is 18.2 Å². The van der Waals surface area contributed by atoms with Gasteiger partial charge in [-0.15, -0.1) is 0 Å². The van der Waals surface area contributed by atoms with Crippen LogP contribution in [0.5, 0.6) is 0 Å². The molecule has 0 bridgehead atoms. The highest BCUT2D eigenvalue weighted by Crippen LogP contribution is 2.34. The lowest BCUT2D eigenvalue weighted by Gasteiger charge is -2.42. The van der Waals surface area contributed by atoms with Crippen molar-refractivity contribution in [1.29, 1.82) is 0 Å². The predicted molar refractivity (Wildman–Crippen MR) is 85.3 cm³/mol. The third-order valence-electron chi connectivity index (χ3n) is 4.67. The summed E-state index contributed by atoms with van der Waals surface area (Å²) in [5, 5.41) is 12.7. The molecular formula is C18H27NO2. The molecule has 3 unspecified atom stereocenters. The van der Waals surface area contributed by atoms with Crippen LogP contribution in [0.15, 0.2) is 30.3 Å². The van der Waals surface area contributed by atoms with Gasteiger partial charge in [0.05, 0.1) is 0 Å². The second-order valence-corrected chi connectivity index (χ2v) is 6.58. The lowest BCUT2D eigenvalue weighted by atomic mass is 9.72. The summed E-state index contributed by atoms with van der Waals surface area (Å²) >= 11 is 0. The summed E-state index contributed by atoms with van der Waals surface area (Å²) in [6.45, 7) is 4.56. The molecule has 0 heterocycles. The van der Waals surface area contributed by atoms with Crippen molar-refractivity contribution in [2.45, 2.75) is 58.0 Å². The Kier molecular flexibility index (Phi) is 5.80. The van der Waals surface area contributed by atoms with E-state index >= 15 is 0 Å². The first kappa shape index (κ1) is 16.0. The van der Waals surface area contributed by atoms with Crippen molar-refractivity contribution in [3.05, 3.63) is 35.9 Å². The Morgan fingerprint density at radius 3 is 2.52 bits per heavy atom. The van der Waals surface area contributed by atoms with E-state index in [9.17, 15) is 4.79 Å². The van der Waals surface area contributed by atoms with E-state index in [2.05, 4.69) is 31.3 Å². The smallest absolute Gasteiger partial charge is 0.303 e. The van der Waals surface area contributed by atoms with E-state index in [4.69, 9.17) is 5.11 Å². The Balaban J connectivity index is 1.93. The fourth-order valence-corrected chi connectivity index (χ4v) is 3.27. The minimum Gasteiger partial charge on any atom is -0.481 e. The third-order valence-corrected chi connectivity index (χ3v) is 4.67. The number of benzene rings is 1. The van der Waals surface area contributed by atoms with Crippen LogP contribution < -0.4 is 5.32 Å². The number of hydrogen-bond donors (Lipinski definition) is 2. The number of nitrogens with one attached hydrogen (secondary N) is 1. The van der Waals surface area contributed by atoms with Gasteiger partial charge in [0.1, 0.15) is 0 Å². The van der Waals surface area contributed by atoms with Crippen molar-refractivity contribution in [1.82, 2.24) is 5.32 Å². The summed E-state index contributed by atoms with van der Waals surface area (Å²) in [5.74, 6) is 0.741. The summed E-state index contributed by atoms with van der Waals surface area (Å²) in [6, 6.07) is 11.2. The molecule has 3 atom stereocenters. The van der Waals surface area contributed by atoms with Gasteiger partial charge in [0.15, 0.2) is 0 Å². The van der Waals surface area contributed by atoms with Crippen molar-refractivity contribution < 1.29 is 9.90 Å². The van der Waals surface area contributed by atoms with Crippen molar-refractivity contribution in [2.75, 3.05) is 0 Å². The zero-order valence-electron chi connectivity index (χ0n) is 13.1. The van der Waals surface area contributed by atoms with Gasteiger partial charge in [-0.2, -0.15) is 0 Å². The van der Waals surface area contributed by atoms with Gasteiger partial charge in [-0.05, 0) is 43.1 Å². The molecule has 3 nitrogen and oxygen atoms in total. The van der Waals surface area contributed by atoms with Crippen LogP contribution in [0.1, 0.15) is 45.1 Å². The van der Waals surface area contributed by atoms with Crippen LogP contribution in [-0.4, -0.2) is 23.2 Å². The molecule has 1 aromatic carbocycles. The monoisotopic (exact) mass is 289 g/mol. The Labute approximate surface area is 127 Å².